The first-order chi connectivity index (χ1) is 8.81. The van der Waals surface area contributed by atoms with E-state index in [0.29, 0.717) is 0 Å². The Kier molecular flexibility index (Phi) is 1.84. The van der Waals surface area contributed by atoms with Crippen molar-refractivity contribution in [3.8, 4) is 11.3 Å². The smallest absolute Gasteiger partial charge is 0.123 e. The minimum atomic E-state index is -0.210. The number of nitrogens with zero attached hydrogens (tertiary/aromatic N) is 1. The van der Waals surface area contributed by atoms with E-state index in [1.54, 1.807) is 6.07 Å². The second kappa shape index (κ2) is 3.39. The zero-order valence-corrected chi connectivity index (χ0v) is 9.65. The lowest BCUT2D eigenvalue weighted by atomic mass is 10.1. The van der Waals surface area contributed by atoms with Crippen molar-refractivity contribution in [2.45, 2.75) is 6.42 Å². The van der Waals surface area contributed by atoms with E-state index in [4.69, 9.17) is 0 Å². The summed E-state index contributed by atoms with van der Waals surface area (Å²) in [5, 5.41) is 2.08. The maximum absolute atomic E-state index is 13.3. The lowest BCUT2D eigenvalue weighted by Gasteiger charge is -2.04. The normalized spacial score (nSPS) is 14.3. The topological polar surface area (TPSA) is 12.9 Å². The van der Waals surface area contributed by atoms with Crippen LogP contribution in [0, 0.1) is 5.82 Å². The van der Waals surface area contributed by atoms with Gasteiger partial charge in [0, 0.05) is 16.3 Å². The number of halogens is 1. The van der Waals surface area contributed by atoms with E-state index in [1.807, 2.05) is 6.07 Å². The van der Waals surface area contributed by atoms with Gasteiger partial charge in [-0.1, -0.05) is 24.3 Å². The minimum Gasteiger partial charge on any atom is -0.247 e. The van der Waals surface area contributed by atoms with Gasteiger partial charge in [0.1, 0.15) is 5.82 Å². The van der Waals surface area contributed by atoms with Crippen molar-refractivity contribution >= 4 is 18.2 Å². The first-order valence-corrected chi connectivity index (χ1v) is 6.01. The van der Waals surface area contributed by atoms with Crippen molar-refractivity contribution in [1.29, 1.82) is 0 Å². The molecule has 0 atom stereocenters. The van der Waals surface area contributed by atoms with Gasteiger partial charge in [-0.15, -0.1) is 0 Å². The highest BCUT2D eigenvalue weighted by Gasteiger charge is 2.15. The van der Waals surface area contributed by atoms with Gasteiger partial charge < -0.3 is 0 Å². The van der Waals surface area contributed by atoms with E-state index in [-0.39, 0.29) is 5.82 Å². The molecule has 2 heteroatoms. The predicted octanol–water partition coefficient (Wildman–Crippen LogP) is 2.23. The molecule has 1 aromatic carbocycles. The van der Waals surface area contributed by atoms with E-state index in [1.165, 1.54) is 6.07 Å². The second-order valence-electron chi connectivity index (χ2n) is 4.62. The van der Waals surface area contributed by atoms with Gasteiger partial charge in [-0.3, -0.25) is 0 Å². The molecule has 0 aliphatic heterocycles. The van der Waals surface area contributed by atoms with Gasteiger partial charge in [0.25, 0.3) is 0 Å². The van der Waals surface area contributed by atoms with Crippen molar-refractivity contribution in [2.24, 2.45) is 0 Å². The van der Waals surface area contributed by atoms with Gasteiger partial charge in [0.2, 0.25) is 0 Å². The Morgan fingerprint density at radius 1 is 1.11 bits per heavy atom. The Bertz CT molecular complexity index is 816. The van der Waals surface area contributed by atoms with Crippen LogP contribution in [-0.2, 0) is 0 Å². The number of hydrogen-bond donors (Lipinski definition) is 0. The van der Waals surface area contributed by atoms with Crippen LogP contribution >= 0.6 is 0 Å². The summed E-state index contributed by atoms with van der Waals surface area (Å²) in [7, 11) is 0. The van der Waals surface area contributed by atoms with Gasteiger partial charge in [-0.2, -0.15) is 0 Å². The van der Waals surface area contributed by atoms with Crippen molar-refractivity contribution in [3.63, 3.8) is 0 Å². The van der Waals surface area contributed by atoms with Gasteiger partial charge in [-0.05, 0) is 36.3 Å². The molecule has 0 saturated carbocycles. The average Bonchev–Trinajstić information content (AvgIpc) is 2.73. The van der Waals surface area contributed by atoms with E-state index >= 15 is 0 Å². The molecule has 0 saturated heterocycles. The van der Waals surface area contributed by atoms with Crippen LogP contribution < -0.4 is 10.6 Å². The summed E-state index contributed by atoms with van der Waals surface area (Å²) >= 11 is 0. The molecule has 0 spiro atoms. The fourth-order valence-corrected chi connectivity index (χ4v) is 2.58. The molecule has 1 nitrogen and oxygen atoms in total. The molecule has 0 bridgehead atoms. The molecule has 0 N–H and O–H groups in total. The lowest BCUT2D eigenvalue weighted by molar-refractivity contribution is 0.628. The number of hydrogen-bond acceptors (Lipinski definition) is 1. The monoisotopic (exact) mass is 235 g/mol. The van der Waals surface area contributed by atoms with Crippen molar-refractivity contribution in [2.75, 3.05) is 0 Å². The van der Waals surface area contributed by atoms with Gasteiger partial charge in [0.15, 0.2) is 0 Å². The summed E-state index contributed by atoms with van der Waals surface area (Å²) in [6.07, 6.45) is 9.31. The molecule has 2 aliphatic rings. The third kappa shape index (κ3) is 1.29. The highest BCUT2D eigenvalue weighted by atomic mass is 19.1. The van der Waals surface area contributed by atoms with Crippen LogP contribution in [0.2, 0.25) is 0 Å². The first kappa shape index (κ1) is 9.77. The highest BCUT2D eigenvalue weighted by molar-refractivity contribution is 5.81. The molecular formula is C16H10FN. The first-order valence-electron chi connectivity index (χ1n) is 6.01. The Morgan fingerprint density at radius 2 is 2.06 bits per heavy atom. The van der Waals surface area contributed by atoms with E-state index in [0.717, 1.165) is 39.4 Å². The molecule has 0 amide bonds. The summed E-state index contributed by atoms with van der Waals surface area (Å²) in [6, 6.07) is 7.00. The van der Waals surface area contributed by atoms with Crippen molar-refractivity contribution < 1.29 is 4.39 Å². The van der Waals surface area contributed by atoms with Crippen LogP contribution in [0.25, 0.3) is 29.5 Å². The number of rotatable bonds is 0. The number of aromatic nitrogens is 1. The molecule has 0 unspecified atom stereocenters. The summed E-state index contributed by atoms with van der Waals surface area (Å²) < 4.78 is 13.3. The van der Waals surface area contributed by atoms with Crippen molar-refractivity contribution in [3.05, 3.63) is 57.9 Å². The fourth-order valence-electron chi connectivity index (χ4n) is 2.58. The Morgan fingerprint density at radius 3 is 3.00 bits per heavy atom. The van der Waals surface area contributed by atoms with Crippen LogP contribution in [0.5, 0.6) is 0 Å². The summed E-state index contributed by atoms with van der Waals surface area (Å²) in [4.78, 5) is 4.67. The lowest BCUT2D eigenvalue weighted by Crippen LogP contribution is -2.20. The van der Waals surface area contributed by atoms with Gasteiger partial charge in [-0.25, -0.2) is 9.37 Å². The molecule has 18 heavy (non-hydrogen) atoms. The van der Waals surface area contributed by atoms with Gasteiger partial charge in [0.05, 0.1) is 11.0 Å². The third-order valence-electron chi connectivity index (χ3n) is 3.44. The average molecular weight is 235 g/mol. The number of benzene rings is 1. The van der Waals surface area contributed by atoms with Crippen molar-refractivity contribution in [1.82, 2.24) is 4.98 Å². The standard InChI is InChI=1S/C16H10FN/c17-13-6-5-10-7-12-8-11-3-1-2-4-15(11)18-16(12)14(10)9-13/h1,3-9H,2H2. The van der Waals surface area contributed by atoms with E-state index < -0.39 is 0 Å². The Labute approximate surface area is 104 Å². The molecule has 0 radical (unpaired) electrons. The highest BCUT2D eigenvalue weighted by Crippen LogP contribution is 2.25. The van der Waals surface area contributed by atoms with Crippen LogP contribution in [0.3, 0.4) is 0 Å². The molecule has 1 heterocycles. The minimum absolute atomic E-state index is 0.210. The molecular weight excluding hydrogens is 225 g/mol. The number of fused-ring (bicyclic) bond motifs is 4. The van der Waals surface area contributed by atoms with Crippen LogP contribution in [0.15, 0.2) is 30.3 Å². The second-order valence-corrected chi connectivity index (χ2v) is 4.62. The zero-order chi connectivity index (χ0) is 12.1. The molecule has 86 valence electrons. The molecule has 0 fully saturated rings. The largest absolute Gasteiger partial charge is 0.247 e. The van der Waals surface area contributed by atoms with Gasteiger partial charge >= 0.3 is 0 Å². The zero-order valence-electron chi connectivity index (χ0n) is 9.65. The third-order valence-corrected chi connectivity index (χ3v) is 3.44. The van der Waals surface area contributed by atoms with Crippen LogP contribution in [-0.4, -0.2) is 4.98 Å². The predicted molar refractivity (Wildman–Crippen MR) is 70.6 cm³/mol. The number of pyridine rings is 1. The maximum atomic E-state index is 13.3. The summed E-state index contributed by atoms with van der Waals surface area (Å²) in [5.41, 5.74) is 3.99. The number of allylic oxidation sites excluding steroid dienone is 1. The van der Waals surface area contributed by atoms with E-state index in [9.17, 15) is 4.39 Å². The SMILES string of the molecule is Fc1ccc2c(c1)-c1nc3c(cc1=C2)C=CCC=3. The van der Waals surface area contributed by atoms with Crippen LogP contribution in [0.1, 0.15) is 17.5 Å². The molecule has 2 aliphatic carbocycles. The molecule has 2 aromatic rings. The fraction of sp³-hybridized carbons (Fsp3) is 0.0625. The Balaban J connectivity index is 2.08. The molecule has 1 aromatic heterocycles. The quantitative estimate of drug-likeness (QED) is 0.582. The summed E-state index contributed by atoms with van der Waals surface area (Å²) in [6.45, 7) is 0. The molecule has 4 rings (SSSR count). The van der Waals surface area contributed by atoms with E-state index in [2.05, 4.69) is 35.4 Å². The Hall–Kier alpha value is -2.22. The van der Waals surface area contributed by atoms with Crippen LogP contribution in [0.4, 0.5) is 4.39 Å². The maximum Gasteiger partial charge on any atom is 0.123 e. The summed E-state index contributed by atoms with van der Waals surface area (Å²) in [5.74, 6) is -0.210.